The molecule has 42 heavy (non-hydrogen) atoms. The van der Waals surface area contributed by atoms with Gasteiger partial charge in [0.2, 0.25) is 0 Å². The van der Waals surface area contributed by atoms with Gasteiger partial charge in [0.25, 0.3) is 11.8 Å². The van der Waals surface area contributed by atoms with Gasteiger partial charge in [-0.3, -0.25) is 9.69 Å². The van der Waals surface area contributed by atoms with Gasteiger partial charge >= 0.3 is 19.4 Å². The van der Waals surface area contributed by atoms with Crippen molar-refractivity contribution in [3.05, 3.63) is 47.0 Å². The largest absolute Gasteiger partial charge is 0.475 e. The summed E-state index contributed by atoms with van der Waals surface area (Å²) < 4.78 is 72.8. The molecule has 2 heterocycles. The number of alkyl carbamates (subject to hydrolysis) is 1. The molecule has 0 spiro atoms. The average molecular weight is 600 g/mol. The smallest absolute Gasteiger partial charge is 0.447 e. The molecule has 2 atom stereocenters. The summed E-state index contributed by atoms with van der Waals surface area (Å²) in [7, 11) is -2.20. The standard InChI is InChI=1S/C27H34BF5N4O5/c1-25(2,36-12-10-26(29,30)17-36)14-19(15-34)23(38)37-11-6-5-8-20(37)16-42-24(39)35-22(28(40)41)13-18-7-3-4-9-21(18)27(31,32)33/h3-4,7,9,14,20,22,40-41H,5-6,8,10-13,16-17H2,1-2H3,(H,35,39)/t20-,22?/m1/s1. The van der Waals surface area contributed by atoms with E-state index in [9.17, 15) is 46.9 Å². The lowest BCUT2D eigenvalue weighted by molar-refractivity contribution is -0.138. The number of likely N-dealkylation sites (tertiary alicyclic amines) is 2. The Hall–Kier alpha value is -3.22. The van der Waals surface area contributed by atoms with E-state index < -0.39 is 67.3 Å². The SMILES string of the molecule is CC(C)(C=C(C#N)C(=O)N1CCCC[C@@H]1COC(=O)NC(Cc1ccccc1C(F)(F)F)B(O)O)N1CCC(F)(F)C1. The first-order valence-corrected chi connectivity index (χ1v) is 13.6. The van der Waals surface area contributed by atoms with Gasteiger partial charge in [0.05, 0.1) is 24.1 Å². The van der Waals surface area contributed by atoms with Crippen LogP contribution in [0.1, 0.15) is 50.7 Å². The van der Waals surface area contributed by atoms with Gasteiger partial charge in [-0.15, -0.1) is 0 Å². The Bertz CT molecular complexity index is 1200. The van der Waals surface area contributed by atoms with E-state index in [1.54, 1.807) is 13.8 Å². The molecule has 0 bridgehead atoms. The van der Waals surface area contributed by atoms with Gasteiger partial charge in [0.1, 0.15) is 18.2 Å². The van der Waals surface area contributed by atoms with Gasteiger partial charge < -0.3 is 25.0 Å². The van der Waals surface area contributed by atoms with Crippen molar-refractivity contribution in [1.29, 1.82) is 5.26 Å². The summed E-state index contributed by atoms with van der Waals surface area (Å²) >= 11 is 0. The number of carbonyl (C=O) groups excluding carboxylic acids is 2. The molecule has 3 N–H and O–H groups in total. The van der Waals surface area contributed by atoms with Crippen molar-refractivity contribution in [2.24, 2.45) is 0 Å². The molecule has 15 heteroatoms. The van der Waals surface area contributed by atoms with Crippen molar-refractivity contribution in [3.8, 4) is 6.07 Å². The van der Waals surface area contributed by atoms with Crippen LogP contribution in [0.3, 0.4) is 0 Å². The maximum atomic E-state index is 13.8. The molecule has 1 unspecified atom stereocenters. The quantitative estimate of drug-likeness (QED) is 0.172. The fourth-order valence-corrected chi connectivity index (χ4v) is 5.22. The van der Waals surface area contributed by atoms with Crippen LogP contribution in [0.2, 0.25) is 0 Å². The van der Waals surface area contributed by atoms with Gasteiger partial charge in [0.15, 0.2) is 0 Å². The summed E-state index contributed by atoms with van der Waals surface area (Å²) in [6.45, 7) is 2.81. The normalized spacial score (nSPS) is 20.5. The Kier molecular flexibility index (Phi) is 10.6. The molecule has 2 fully saturated rings. The summed E-state index contributed by atoms with van der Waals surface area (Å²) in [5.74, 6) is -5.03. The molecule has 1 aromatic carbocycles. The van der Waals surface area contributed by atoms with Crippen LogP contribution >= 0.6 is 0 Å². The highest BCUT2D eigenvalue weighted by Crippen LogP contribution is 2.34. The minimum absolute atomic E-state index is 0.101. The van der Waals surface area contributed by atoms with E-state index in [0.717, 1.165) is 12.1 Å². The summed E-state index contributed by atoms with van der Waals surface area (Å²) in [6, 6.07) is 5.76. The predicted molar refractivity (Wildman–Crippen MR) is 142 cm³/mol. The number of nitriles is 1. The number of nitrogens with one attached hydrogen (secondary N) is 1. The third-order valence-corrected chi connectivity index (χ3v) is 7.55. The summed E-state index contributed by atoms with van der Waals surface area (Å²) in [5.41, 5.74) is -2.49. The van der Waals surface area contributed by atoms with Crippen LogP contribution in [0.15, 0.2) is 35.9 Å². The number of ether oxygens (including phenoxy) is 1. The first kappa shape index (κ1) is 33.3. The number of hydrogen-bond acceptors (Lipinski definition) is 7. The predicted octanol–water partition coefficient (Wildman–Crippen LogP) is 3.31. The van der Waals surface area contributed by atoms with E-state index in [1.807, 2.05) is 6.07 Å². The van der Waals surface area contributed by atoms with E-state index in [2.05, 4.69) is 5.32 Å². The summed E-state index contributed by atoms with van der Waals surface area (Å²) in [4.78, 5) is 28.7. The molecule has 0 aliphatic carbocycles. The topological polar surface area (TPSA) is 126 Å². The fourth-order valence-electron chi connectivity index (χ4n) is 5.22. The Morgan fingerprint density at radius 1 is 1.24 bits per heavy atom. The van der Waals surface area contributed by atoms with Crippen molar-refractivity contribution in [1.82, 2.24) is 15.1 Å². The lowest BCUT2D eigenvalue weighted by Gasteiger charge is -2.36. The zero-order valence-corrected chi connectivity index (χ0v) is 23.3. The molecular weight excluding hydrogens is 566 g/mol. The minimum Gasteiger partial charge on any atom is -0.447 e. The van der Waals surface area contributed by atoms with E-state index in [1.165, 1.54) is 28.0 Å². The van der Waals surface area contributed by atoms with E-state index >= 15 is 0 Å². The van der Waals surface area contributed by atoms with E-state index in [-0.39, 0.29) is 37.3 Å². The third-order valence-electron chi connectivity index (χ3n) is 7.55. The Morgan fingerprint density at radius 3 is 2.52 bits per heavy atom. The van der Waals surface area contributed by atoms with E-state index in [0.29, 0.717) is 19.3 Å². The third kappa shape index (κ3) is 8.65. The summed E-state index contributed by atoms with van der Waals surface area (Å²) in [5, 5.41) is 31.3. The average Bonchev–Trinajstić information content (AvgIpc) is 3.30. The molecule has 1 aromatic rings. The number of rotatable bonds is 9. The van der Waals surface area contributed by atoms with Crippen molar-refractivity contribution < 1.29 is 46.3 Å². The second kappa shape index (κ2) is 13.4. The first-order chi connectivity index (χ1) is 19.5. The maximum absolute atomic E-state index is 13.8. The van der Waals surface area contributed by atoms with Gasteiger partial charge in [-0.2, -0.15) is 18.4 Å². The summed E-state index contributed by atoms with van der Waals surface area (Å²) in [6.07, 6.45) is -3.61. The first-order valence-electron chi connectivity index (χ1n) is 13.6. The second-order valence-corrected chi connectivity index (χ2v) is 11.1. The number of hydrogen-bond donors (Lipinski definition) is 3. The minimum atomic E-state index is -4.69. The fraction of sp³-hybridized carbons (Fsp3) is 0.593. The number of piperidine rings is 1. The molecular formula is C27H34BF5N4O5. The lowest BCUT2D eigenvalue weighted by atomic mass is 9.75. The van der Waals surface area contributed by atoms with Crippen LogP contribution in [0.4, 0.5) is 26.7 Å². The van der Waals surface area contributed by atoms with Crippen LogP contribution in [0.5, 0.6) is 0 Å². The van der Waals surface area contributed by atoms with Crippen molar-refractivity contribution >= 4 is 19.1 Å². The van der Waals surface area contributed by atoms with Crippen LogP contribution in [0.25, 0.3) is 0 Å². The van der Waals surface area contributed by atoms with Crippen LogP contribution in [-0.4, -0.2) is 88.7 Å². The number of alkyl halides is 5. The Balaban J connectivity index is 1.66. The monoisotopic (exact) mass is 600 g/mol. The number of halogens is 5. The molecule has 230 valence electrons. The molecule has 0 radical (unpaired) electrons. The van der Waals surface area contributed by atoms with Crippen LogP contribution in [-0.2, 0) is 22.1 Å². The van der Waals surface area contributed by atoms with Gasteiger partial charge in [-0.25, -0.2) is 13.6 Å². The number of amides is 2. The van der Waals surface area contributed by atoms with Crippen molar-refractivity contribution in [2.75, 3.05) is 26.2 Å². The molecule has 2 amide bonds. The molecule has 2 saturated heterocycles. The molecule has 0 saturated carbocycles. The molecule has 2 aliphatic rings. The highest BCUT2D eigenvalue weighted by atomic mass is 19.4. The van der Waals surface area contributed by atoms with Gasteiger partial charge in [0, 0.05) is 25.0 Å². The number of nitrogens with zero attached hydrogens (tertiary/aromatic N) is 3. The number of carbonyl (C=O) groups is 2. The van der Waals surface area contributed by atoms with Gasteiger partial charge in [-0.05, 0) is 57.2 Å². The molecule has 0 aromatic heterocycles. The molecule has 2 aliphatic heterocycles. The van der Waals surface area contributed by atoms with Crippen molar-refractivity contribution in [3.63, 3.8) is 0 Å². The zero-order valence-electron chi connectivity index (χ0n) is 23.3. The maximum Gasteiger partial charge on any atom is 0.475 e. The highest BCUT2D eigenvalue weighted by molar-refractivity contribution is 6.43. The lowest BCUT2D eigenvalue weighted by Crippen LogP contribution is -2.50. The second-order valence-electron chi connectivity index (χ2n) is 11.1. The van der Waals surface area contributed by atoms with Crippen LogP contribution < -0.4 is 5.32 Å². The van der Waals surface area contributed by atoms with Crippen LogP contribution in [0, 0.1) is 11.3 Å². The molecule has 9 nitrogen and oxygen atoms in total. The number of benzene rings is 1. The van der Waals surface area contributed by atoms with Gasteiger partial charge in [-0.1, -0.05) is 18.2 Å². The highest BCUT2D eigenvalue weighted by Gasteiger charge is 2.43. The van der Waals surface area contributed by atoms with Crippen molar-refractivity contribution in [2.45, 2.75) is 75.6 Å². The molecule has 3 rings (SSSR count). The van der Waals surface area contributed by atoms with E-state index in [4.69, 9.17) is 4.74 Å². The zero-order chi connectivity index (χ0) is 31.3. The Morgan fingerprint density at radius 2 is 1.93 bits per heavy atom. The Labute approximate surface area is 241 Å².